The van der Waals surface area contributed by atoms with Crippen LogP contribution in [0.5, 0.6) is 0 Å². The number of carbonyl (C=O) groups excluding carboxylic acids is 1. The SMILES string of the molecule is O=C(c1ccccc1)C(S)Cc1ccc(Cl)c(Cl)c1. The number of hydrogen-bond donors (Lipinski definition) is 1. The topological polar surface area (TPSA) is 17.1 Å². The van der Waals surface area contributed by atoms with Gasteiger partial charge in [-0.1, -0.05) is 59.6 Å². The fourth-order valence-corrected chi connectivity index (χ4v) is 2.46. The highest BCUT2D eigenvalue weighted by Gasteiger charge is 2.16. The zero-order valence-corrected chi connectivity index (χ0v) is 12.4. The summed E-state index contributed by atoms with van der Waals surface area (Å²) in [6.45, 7) is 0. The van der Waals surface area contributed by atoms with Crippen LogP contribution in [0.1, 0.15) is 15.9 Å². The fraction of sp³-hybridized carbons (Fsp3) is 0.133. The van der Waals surface area contributed by atoms with E-state index in [1.54, 1.807) is 24.3 Å². The number of rotatable bonds is 4. The monoisotopic (exact) mass is 310 g/mol. The van der Waals surface area contributed by atoms with Gasteiger partial charge >= 0.3 is 0 Å². The summed E-state index contributed by atoms with van der Waals surface area (Å²) in [6, 6.07) is 14.5. The van der Waals surface area contributed by atoms with Crippen molar-refractivity contribution in [1.82, 2.24) is 0 Å². The molecular weight excluding hydrogens is 299 g/mol. The van der Waals surface area contributed by atoms with Crippen molar-refractivity contribution in [3.63, 3.8) is 0 Å². The Morgan fingerprint density at radius 2 is 1.74 bits per heavy atom. The molecule has 0 aliphatic heterocycles. The van der Waals surface area contributed by atoms with E-state index in [0.29, 0.717) is 22.0 Å². The number of Topliss-reactive ketones (excluding diaryl/α,β-unsaturated/α-hetero) is 1. The molecule has 0 N–H and O–H groups in total. The van der Waals surface area contributed by atoms with E-state index < -0.39 is 0 Å². The number of hydrogen-bond acceptors (Lipinski definition) is 2. The van der Waals surface area contributed by atoms with E-state index in [2.05, 4.69) is 12.6 Å². The lowest BCUT2D eigenvalue weighted by Gasteiger charge is -2.10. The van der Waals surface area contributed by atoms with E-state index in [1.807, 2.05) is 24.3 Å². The van der Waals surface area contributed by atoms with Crippen molar-refractivity contribution in [2.75, 3.05) is 0 Å². The van der Waals surface area contributed by atoms with Crippen molar-refractivity contribution in [2.45, 2.75) is 11.7 Å². The highest BCUT2D eigenvalue weighted by molar-refractivity contribution is 7.81. The molecule has 98 valence electrons. The number of benzene rings is 2. The Morgan fingerprint density at radius 3 is 2.37 bits per heavy atom. The highest BCUT2D eigenvalue weighted by Crippen LogP contribution is 2.24. The van der Waals surface area contributed by atoms with Gasteiger partial charge in [-0.25, -0.2) is 0 Å². The largest absolute Gasteiger partial charge is 0.293 e. The first-order chi connectivity index (χ1) is 9.08. The lowest BCUT2D eigenvalue weighted by atomic mass is 10.0. The number of ketones is 1. The molecule has 1 unspecified atom stereocenters. The maximum atomic E-state index is 12.2. The van der Waals surface area contributed by atoms with Gasteiger partial charge in [-0.3, -0.25) is 4.79 Å². The van der Waals surface area contributed by atoms with Gasteiger partial charge in [0.25, 0.3) is 0 Å². The van der Waals surface area contributed by atoms with Gasteiger partial charge in [0.2, 0.25) is 0 Å². The number of thiol groups is 1. The molecular formula is C15H12Cl2OS. The quantitative estimate of drug-likeness (QED) is 0.639. The molecule has 2 rings (SSSR count). The summed E-state index contributed by atoms with van der Waals surface area (Å²) < 4.78 is 0. The van der Waals surface area contributed by atoms with Crippen LogP contribution in [0.3, 0.4) is 0 Å². The van der Waals surface area contributed by atoms with Crippen LogP contribution < -0.4 is 0 Å². The second kappa shape index (κ2) is 6.47. The van der Waals surface area contributed by atoms with E-state index >= 15 is 0 Å². The Hall–Kier alpha value is -0.960. The molecule has 0 spiro atoms. The molecule has 2 aromatic carbocycles. The minimum Gasteiger partial charge on any atom is -0.293 e. The average molecular weight is 311 g/mol. The third-order valence-corrected chi connectivity index (χ3v) is 3.93. The molecule has 0 amide bonds. The third kappa shape index (κ3) is 3.75. The number of halogens is 2. The average Bonchev–Trinajstić information content (AvgIpc) is 2.43. The summed E-state index contributed by atoms with van der Waals surface area (Å²) in [5.74, 6) is 0.00926. The predicted molar refractivity (Wildman–Crippen MR) is 83.7 cm³/mol. The summed E-state index contributed by atoms with van der Waals surface area (Å²) >= 11 is 16.2. The first-order valence-electron chi connectivity index (χ1n) is 5.79. The van der Waals surface area contributed by atoms with Crippen LogP contribution in [-0.2, 0) is 6.42 Å². The minimum absolute atomic E-state index is 0.00926. The Balaban J connectivity index is 2.10. The molecule has 1 nitrogen and oxygen atoms in total. The Kier molecular flexibility index (Phi) is 4.92. The van der Waals surface area contributed by atoms with Crippen molar-refractivity contribution in [2.24, 2.45) is 0 Å². The number of carbonyl (C=O) groups is 1. The molecule has 4 heteroatoms. The van der Waals surface area contributed by atoms with Gasteiger partial charge < -0.3 is 0 Å². The van der Waals surface area contributed by atoms with Gasteiger partial charge in [0.05, 0.1) is 15.3 Å². The molecule has 0 aliphatic carbocycles. The highest BCUT2D eigenvalue weighted by atomic mass is 35.5. The van der Waals surface area contributed by atoms with Gasteiger partial charge in [0, 0.05) is 5.56 Å². The predicted octanol–water partition coefficient (Wildman–Crippen LogP) is 4.72. The van der Waals surface area contributed by atoms with E-state index in [-0.39, 0.29) is 11.0 Å². The van der Waals surface area contributed by atoms with Gasteiger partial charge in [0.1, 0.15) is 0 Å². The molecule has 0 saturated carbocycles. The van der Waals surface area contributed by atoms with E-state index in [1.165, 1.54) is 0 Å². The summed E-state index contributed by atoms with van der Waals surface area (Å²) in [5.41, 5.74) is 1.61. The van der Waals surface area contributed by atoms with E-state index in [0.717, 1.165) is 5.56 Å². The van der Waals surface area contributed by atoms with E-state index in [9.17, 15) is 4.79 Å². The zero-order chi connectivity index (χ0) is 13.8. The van der Waals surface area contributed by atoms with Crippen LogP contribution in [0.2, 0.25) is 10.0 Å². The fourth-order valence-electron chi connectivity index (χ4n) is 1.78. The van der Waals surface area contributed by atoms with Crippen molar-refractivity contribution in [1.29, 1.82) is 0 Å². The Morgan fingerprint density at radius 1 is 1.05 bits per heavy atom. The first-order valence-corrected chi connectivity index (χ1v) is 7.06. The minimum atomic E-state index is -0.389. The molecule has 2 aromatic rings. The molecule has 0 fully saturated rings. The second-order valence-corrected chi connectivity index (χ2v) is 5.64. The summed E-state index contributed by atoms with van der Waals surface area (Å²) in [6.07, 6.45) is 0.522. The maximum Gasteiger partial charge on any atom is 0.175 e. The van der Waals surface area contributed by atoms with Crippen LogP contribution in [0, 0.1) is 0 Å². The van der Waals surface area contributed by atoms with Crippen LogP contribution in [0.15, 0.2) is 48.5 Å². The van der Waals surface area contributed by atoms with Gasteiger partial charge in [0.15, 0.2) is 5.78 Å². The summed E-state index contributed by atoms with van der Waals surface area (Å²) in [5, 5.41) is 0.613. The third-order valence-electron chi connectivity index (χ3n) is 2.77. The van der Waals surface area contributed by atoms with Crippen molar-refractivity contribution in [3.8, 4) is 0 Å². The molecule has 1 atom stereocenters. The standard InChI is InChI=1S/C15H12Cl2OS/c16-12-7-6-10(8-13(12)17)9-14(19)15(18)11-4-2-1-3-5-11/h1-8,14,19H,9H2. The molecule has 19 heavy (non-hydrogen) atoms. The van der Waals surface area contributed by atoms with Crippen molar-refractivity contribution >= 4 is 41.6 Å². The van der Waals surface area contributed by atoms with Crippen LogP contribution in [0.25, 0.3) is 0 Å². The summed E-state index contributed by atoms with van der Waals surface area (Å²) in [7, 11) is 0. The van der Waals surface area contributed by atoms with Crippen molar-refractivity contribution in [3.05, 3.63) is 69.7 Å². The lowest BCUT2D eigenvalue weighted by molar-refractivity contribution is 0.0989. The normalized spacial score (nSPS) is 12.2. The van der Waals surface area contributed by atoms with Crippen LogP contribution >= 0.6 is 35.8 Å². The lowest BCUT2D eigenvalue weighted by Crippen LogP contribution is -2.17. The molecule has 0 saturated heterocycles. The van der Waals surface area contributed by atoms with Gasteiger partial charge in [-0.2, -0.15) is 12.6 Å². The smallest absolute Gasteiger partial charge is 0.175 e. The van der Waals surface area contributed by atoms with Gasteiger partial charge in [-0.15, -0.1) is 0 Å². The maximum absolute atomic E-state index is 12.2. The molecule has 0 heterocycles. The van der Waals surface area contributed by atoms with Crippen LogP contribution in [-0.4, -0.2) is 11.0 Å². The molecule has 0 aliphatic rings. The molecule has 0 radical (unpaired) electrons. The summed E-state index contributed by atoms with van der Waals surface area (Å²) in [4.78, 5) is 12.2. The molecule has 0 aromatic heterocycles. The van der Waals surface area contributed by atoms with Crippen LogP contribution in [0.4, 0.5) is 0 Å². The Labute approximate surface area is 128 Å². The van der Waals surface area contributed by atoms with Gasteiger partial charge in [-0.05, 0) is 24.1 Å². The van der Waals surface area contributed by atoms with Crippen molar-refractivity contribution < 1.29 is 4.79 Å². The zero-order valence-electron chi connectivity index (χ0n) is 10.0. The van der Waals surface area contributed by atoms with E-state index in [4.69, 9.17) is 23.2 Å². The second-order valence-electron chi connectivity index (χ2n) is 4.20. The molecule has 0 bridgehead atoms. The first kappa shape index (κ1) is 14.4. The Bertz CT molecular complexity index is 584.